The van der Waals surface area contributed by atoms with E-state index in [0.717, 1.165) is 16.5 Å². The Bertz CT molecular complexity index is 352. The van der Waals surface area contributed by atoms with Crippen LogP contribution >= 0.6 is 15.9 Å². The fraction of sp³-hybridized carbons (Fsp3) is 0.417. The van der Waals surface area contributed by atoms with Crippen molar-refractivity contribution in [3.8, 4) is 0 Å². The van der Waals surface area contributed by atoms with E-state index in [-0.39, 0.29) is 0 Å². The van der Waals surface area contributed by atoms with Gasteiger partial charge in [0.15, 0.2) is 6.10 Å². The monoisotopic (exact) mass is 286 g/mol. The summed E-state index contributed by atoms with van der Waals surface area (Å²) in [6.07, 6.45) is 0.641. The van der Waals surface area contributed by atoms with Crippen molar-refractivity contribution in [1.29, 1.82) is 0 Å². The first-order chi connectivity index (χ1) is 7.63. The predicted molar refractivity (Wildman–Crippen MR) is 65.3 cm³/mol. The fourth-order valence-electron chi connectivity index (χ4n) is 1.36. The molecule has 0 spiro atoms. The maximum Gasteiger partial charge on any atom is 0.332 e. The van der Waals surface area contributed by atoms with Gasteiger partial charge in [-0.1, -0.05) is 41.4 Å². The van der Waals surface area contributed by atoms with Gasteiger partial charge in [-0.25, -0.2) is 4.79 Å². The Morgan fingerprint density at radius 3 is 2.88 bits per heavy atom. The van der Waals surface area contributed by atoms with E-state index in [1.807, 2.05) is 31.2 Å². The van der Waals surface area contributed by atoms with Gasteiger partial charge in [-0.05, 0) is 24.1 Å². The van der Waals surface area contributed by atoms with Crippen LogP contribution in [0.5, 0.6) is 0 Å². The van der Waals surface area contributed by atoms with E-state index in [9.17, 15) is 4.79 Å². The molecule has 0 heterocycles. The van der Waals surface area contributed by atoms with Crippen molar-refractivity contribution in [2.75, 3.05) is 0 Å². The van der Waals surface area contributed by atoms with Crippen LogP contribution in [-0.4, -0.2) is 17.2 Å². The summed E-state index contributed by atoms with van der Waals surface area (Å²) in [6, 6.07) is 7.66. The topological polar surface area (TPSA) is 46.5 Å². The highest BCUT2D eigenvalue weighted by Gasteiger charge is 2.16. The standard InChI is InChI=1S/C12H15BrO3/c1-2-4-11(12(14)15)16-8-9-5-3-6-10(13)7-9/h3,5-7,11H,2,4,8H2,1H3,(H,14,15). The molecule has 16 heavy (non-hydrogen) atoms. The van der Waals surface area contributed by atoms with Crippen molar-refractivity contribution in [2.45, 2.75) is 32.5 Å². The molecule has 1 unspecified atom stereocenters. The Morgan fingerprint density at radius 2 is 2.31 bits per heavy atom. The second kappa shape index (κ2) is 6.66. The fourth-order valence-corrected chi connectivity index (χ4v) is 1.81. The lowest BCUT2D eigenvalue weighted by Gasteiger charge is -2.12. The molecule has 1 N–H and O–H groups in total. The van der Waals surface area contributed by atoms with E-state index in [2.05, 4.69) is 15.9 Å². The van der Waals surface area contributed by atoms with Gasteiger partial charge in [-0.2, -0.15) is 0 Å². The maximum absolute atomic E-state index is 10.8. The first-order valence-corrected chi connectivity index (χ1v) is 6.01. The number of halogens is 1. The number of carboxylic acid groups (broad SMARTS) is 1. The summed E-state index contributed by atoms with van der Waals surface area (Å²) in [7, 11) is 0. The third kappa shape index (κ3) is 4.33. The Kier molecular flexibility index (Phi) is 5.49. The number of aliphatic carboxylic acids is 1. The largest absolute Gasteiger partial charge is 0.479 e. The smallest absolute Gasteiger partial charge is 0.332 e. The van der Waals surface area contributed by atoms with Crippen molar-refractivity contribution < 1.29 is 14.6 Å². The summed E-state index contributed by atoms with van der Waals surface area (Å²) in [6.45, 7) is 2.27. The van der Waals surface area contributed by atoms with E-state index >= 15 is 0 Å². The Labute approximate surface area is 104 Å². The number of carboxylic acids is 1. The quantitative estimate of drug-likeness (QED) is 0.873. The van der Waals surface area contributed by atoms with Crippen LogP contribution in [0.15, 0.2) is 28.7 Å². The Balaban J connectivity index is 2.51. The summed E-state index contributed by atoms with van der Waals surface area (Å²) in [5.41, 5.74) is 0.969. The summed E-state index contributed by atoms with van der Waals surface area (Å²) >= 11 is 3.36. The number of ether oxygens (including phenoxy) is 1. The van der Waals surface area contributed by atoms with Crippen LogP contribution in [0.3, 0.4) is 0 Å². The van der Waals surface area contributed by atoms with E-state index in [1.54, 1.807) is 0 Å². The van der Waals surface area contributed by atoms with Gasteiger partial charge >= 0.3 is 5.97 Å². The van der Waals surface area contributed by atoms with Gasteiger partial charge in [-0.3, -0.25) is 0 Å². The molecule has 1 atom stereocenters. The predicted octanol–water partition coefficient (Wildman–Crippen LogP) is 3.22. The SMILES string of the molecule is CCCC(OCc1cccc(Br)c1)C(=O)O. The molecule has 3 nitrogen and oxygen atoms in total. The van der Waals surface area contributed by atoms with Crippen molar-refractivity contribution in [3.63, 3.8) is 0 Å². The molecular formula is C12H15BrO3. The van der Waals surface area contributed by atoms with Crippen LogP contribution in [0.2, 0.25) is 0 Å². The first kappa shape index (κ1) is 13.2. The average molecular weight is 287 g/mol. The van der Waals surface area contributed by atoms with Gasteiger partial charge in [0, 0.05) is 4.47 Å². The molecule has 0 aliphatic carbocycles. The highest BCUT2D eigenvalue weighted by molar-refractivity contribution is 9.10. The van der Waals surface area contributed by atoms with E-state index < -0.39 is 12.1 Å². The molecular weight excluding hydrogens is 272 g/mol. The summed E-state index contributed by atoms with van der Waals surface area (Å²) in [4.78, 5) is 10.8. The molecule has 0 amide bonds. The Morgan fingerprint density at radius 1 is 1.56 bits per heavy atom. The van der Waals surface area contributed by atoms with Crippen LogP contribution < -0.4 is 0 Å². The van der Waals surface area contributed by atoms with Crippen molar-refractivity contribution >= 4 is 21.9 Å². The van der Waals surface area contributed by atoms with E-state index in [1.165, 1.54) is 0 Å². The molecule has 0 aliphatic rings. The van der Waals surface area contributed by atoms with Crippen LogP contribution in [0.25, 0.3) is 0 Å². The molecule has 0 saturated carbocycles. The number of hydrogen-bond acceptors (Lipinski definition) is 2. The zero-order chi connectivity index (χ0) is 12.0. The minimum Gasteiger partial charge on any atom is -0.479 e. The van der Waals surface area contributed by atoms with E-state index in [0.29, 0.717) is 13.0 Å². The number of rotatable bonds is 6. The summed E-state index contributed by atoms with van der Waals surface area (Å²) < 4.78 is 6.33. The van der Waals surface area contributed by atoms with Gasteiger partial charge in [0.25, 0.3) is 0 Å². The average Bonchev–Trinajstić information content (AvgIpc) is 2.24. The van der Waals surface area contributed by atoms with Crippen LogP contribution in [0, 0.1) is 0 Å². The molecule has 1 aromatic carbocycles. The third-order valence-electron chi connectivity index (χ3n) is 2.17. The molecule has 1 rings (SSSR count). The van der Waals surface area contributed by atoms with Gasteiger partial charge in [0.1, 0.15) is 0 Å². The van der Waals surface area contributed by atoms with Crippen molar-refractivity contribution in [3.05, 3.63) is 34.3 Å². The second-order valence-corrected chi connectivity index (χ2v) is 4.47. The lowest BCUT2D eigenvalue weighted by molar-refractivity contribution is -0.151. The maximum atomic E-state index is 10.8. The van der Waals surface area contributed by atoms with Gasteiger partial charge in [0.05, 0.1) is 6.61 Å². The van der Waals surface area contributed by atoms with E-state index in [4.69, 9.17) is 9.84 Å². The molecule has 4 heteroatoms. The minimum absolute atomic E-state index is 0.330. The van der Waals surface area contributed by atoms with Crippen LogP contribution in [0.4, 0.5) is 0 Å². The zero-order valence-corrected chi connectivity index (χ0v) is 10.7. The molecule has 0 aliphatic heterocycles. The molecule has 1 aromatic rings. The van der Waals surface area contributed by atoms with Crippen LogP contribution in [0.1, 0.15) is 25.3 Å². The van der Waals surface area contributed by atoms with Crippen LogP contribution in [-0.2, 0) is 16.1 Å². The second-order valence-electron chi connectivity index (χ2n) is 3.56. The lowest BCUT2D eigenvalue weighted by atomic mass is 10.2. The molecule has 0 fully saturated rings. The molecule has 0 saturated heterocycles. The van der Waals surface area contributed by atoms with Gasteiger partial charge < -0.3 is 9.84 Å². The normalized spacial score (nSPS) is 12.4. The molecule has 88 valence electrons. The number of hydrogen-bond donors (Lipinski definition) is 1. The first-order valence-electron chi connectivity index (χ1n) is 5.22. The number of carbonyl (C=O) groups is 1. The third-order valence-corrected chi connectivity index (χ3v) is 2.66. The molecule has 0 bridgehead atoms. The lowest BCUT2D eigenvalue weighted by Crippen LogP contribution is -2.23. The molecule has 0 radical (unpaired) electrons. The highest BCUT2D eigenvalue weighted by atomic mass is 79.9. The summed E-state index contributed by atoms with van der Waals surface area (Å²) in [5.74, 6) is -0.892. The van der Waals surface area contributed by atoms with Gasteiger partial charge in [0.2, 0.25) is 0 Å². The Hall–Kier alpha value is -0.870. The van der Waals surface area contributed by atoms with Crippen molar-refractivity contribution in [1.82, 2.24) is 0 Å². The minimum atomic E-state index is -0.892. The molecule has 0 aromatic heterocycles. The number of benzene rings is 1. The van der Waals surface area contributed by atoms with Gasteiger partial charge in [-0.15, -0.1) is 0 Å². The van der Waals surface area contributed by atoms with Crippen molar-refractivity contribution in [2.24, 2.45) is 0 Å². The highest BCUT2D eigenvalue weighted by Crippen LogP contribution is 2.14. The zero-order valence-electron chi connectivity index (χ0n) is 9.15. The summed E-state index contributed by atoms with van der Waals surface area (Å²) in [5, 5.41) is 8.90.